The summed E-state index contributed by atoms with van der Waals surface area (Å²) in [6, 6.07) is 15.4. The fourth-order valence-corrected chi connectivity index (χ4v) is 4.80. The highest BCUT2D eigenvalue weighted by Gasteiger charge is 2.28. The number of benzene rings is 2. The van der Waals surface area contributed by atoms with Gasteiger partial charge >= 0.3 is 0 Å². The molecule has 0 spiro atoms. The predicted octanol–water partition coefficient (Wildman–Crippen LogP) is 3.68. The summed E-state index contributed by atoms with van der Waals surface area (Å²) in [5.74, 6) is 0.0343. The number of hydrogen-bond donors (Lipinski definition) is 1. The Balaban J connectivity index is 1.59. The molecule has 1 aliphatic heterocycles. The van der Waals surface area contributed by atoms with Crippen LogP contribution >= 0.6 is 0 Å². The summed E-state index contributed by atoms with van der Waals surface area (Å²) in [6.07, 6.45) is 4.87. The van der Waals surface area contributed by atoms with Gasteiger partial charge < -0.3 is 5.32 Å². The van der Waals surface area contributed by atoms with Crippen LogP contribution in [0, 0.1) is 0 Å². The van der Waals surface area contributed by atoms with Crippen molar-refractivity contribution in [2.24, 2.45) is 0 Å². The van der Waals surface area contributed by atoms with Crippen molar-refractivity contribution in [3.05, 3.63) is 71.3 Å². The molecule has 28 heavy (non-hydrogen) atoms. The van der Waals surface area contributed by atoms with Crippen molar-refractivity contribution in [2.45, 2.75) is 32.7 Å². The Labute approximate surface area is 167 Å². The molecule has 148 valence electrons. The third-order valence-corrected chi connectivity index (χ3v) is 6.82. The third kappa shape index (κ3) is 4.81. The van der Waals surface area contributed by atoms with Gasteiger partial charge in [-0.1, -0.05) is 43.3 Å². The summed E-state index contributed by atoms with van der Waals surface area (Å²) in [4.78, 5) is 12.2. The largest absolute Gasteiger partial charge is 0.346 e. The molecule has 0 saturated carbocycles. The van der Waals surface area contributed by atoms with Crippen molar-refractivity contribution in [1.29, 1.82) is 0 Å². The van der Waals surface area contributed by atoms with Gasteiger partial charge in [0.05, 0.1) is 17.5 Å². The van der Waals surface area contributed by atoms with Crippen LogP contribution in [0.15, 0.2) is 54.6 Å². The van der Waals surface area contributed by atoms with Crippen LogP contribution in [0.2, 0.25) is 0 Å². The standard InChI is InChI=1S/C22H26N2O3S/c1-3-18-5-10-20(11-6-18)17(2)23-22(25)14-9-19-7-12-21(13-8-19)24-15-4-16-28(24,26)27/h5-14,17H,3-4,15-16H2,1-2H3,(H,23,25)/b14-9+. The van der Waals surface area contributed by atoms with Crippen LogP contribution in [0.1, 0.15) is 43.0 Å². The van der Waals surface area contributed by atoms with E-state index in [0.29, 0.717) is 18.7 Å². The molecule has 0 radical (unpaired) electrons. The number of nitrogens with zero attached hydrogens (tertiary/aromatic N) is 1. The first-order valence-electron chi connectivity index (χ1n) is 9.57. The van der Waals surface area contributed by atoms with Gasteiger partial charge in [0.2, 0.25) is 15.9 Å². The zero-order valence-electron chi connectivity index (χ0n) is 16.3. The first-order chi connectivity index (χ1) is 13.4. The maximum atomic E-state index is 12.2. The Morgan fingerprint density at radius 2 is 1.82 bits per heavy atom. The minimum atomic E-state index is -3.17. The molecular formula is C22H26N2O3S. The summed E-state index contributed by atoms with van der Waals surface area (Å²) in [7, 11) is -3.17. The summed E-state index contributed by atoms with van der Waals surface area (Å²) in [6.45, 7) is 4.59. The van der Waals surface area contributed by atoms with Crippen molar-refractivity contribution in [3.8, 4) is 0 Å². The molecule has 1 atom stereocenters. The van der Waals surface area contributed by atoms with Crippen LogP contribution in [0.25, 0.3) is 6.08 Å². The van der Waals surface area contributed by atoms with Crippen LogP contribution in [-0.4, -0.2) is 26.6 Å². The molecule has 2 aromatic carbocycles. The molecule has 1 N–H and O–H groups in total. The second-order valence-corrected chi connectivity index (χ2v) is 9.00. The number of rotatable bonds is 6. The van der Waals surface area contributed by atoms with E-state index >= 15 is 0 Å². The summed E-state index contributed by atoms with van der Waals surface area (Å²) in [5.41, 5.74) is 3.85. The van der Waals surface area contributed by atoms with Crippen molar-refractivity contribution in [1.82, 2.24) is 5.32 Å². The summed E-state index contributed by atoms with van der Waals surface area (Å²) < 4.78 is 25.4. The van der Waals surface area contributed by atoms with Gasteiger partial charge in [0.15, 0.2) is 0 Å². The summed E-state index contributed by atoms with van der Waals surface area (Å²) >= 11 is 0. The Morgan fingerprint density at radius 3 is 2.39 bits per heavy atom. The molecule has 1 fully saturated rings. The molecular weight excluding hydrogens is 372 g/mol. The minimum absolute atomic E-state index is 0.0780. The van der Waals surface area contributed by atoms with Crippen molar-refractivity contribution in [3.63, 3.8) is 0 Å². The average Bonchev–Trinajstić information content (AvgIpc) is 3.06. The van der Waals surface area contributed by atoms with Gasteiger partial charge in [-0.3, -0.25) is 9.10 Å². The lowest BCUT2D eigenvalue weighted by Gasteiger charge is -2.16. The van der Waals surface area contributed by atoms with Crippen LogP contribution < -0.4 is 9.62 Å². The van der Waals surface area contributed by atoms with Crippen LogP contribution in [0.5, 0.6) is 0 Å². The van der Waals surface area contributed by atoms with E-state index in [1.165, 1.54) is 15.9 Å². The lowest BCUT2D eigenvalue weighted by atomic mass is 10.0. The van der Waals surface area contributed by atoms with Gasteiger partial charge in [0.25, 0.3) is 0 Å². The fraction of sp³-hybridized carbons (Fsp3) is 0.318. The van der Waals surface area contributed by atoms with Crippen molar-refractivity contribution < 1.29 is 13.2 Å². The van der Waals surface area contributed by atoms with Crippen LogP contribution in [0.4, 0.5) is 5.69 Å². The van der Waals surface area contributed by atoms with Gasteiger partial charge in [-0.05, 0) is 54.7 Å². The second kappa shape index (κ2) is 8.61. The second-order valence-electron chi connectivity index (χ2n) is 6.99. The number of anilines is 1. The van der Waals surface area contributed by atoms with Gasteiger partial charge in [0.1, 0.15) is 0 Å². The first-order valence-corrected chi connectivity index (χ1v) is 11.2. The molecule has 1 heterocycles. The number of carbonyl (C=O) groups is 1. The van der Waals surface area contributed by atoms with Gasteiger partial charge in [-0.2, -0.15) is 0 Å². The lowest BCUT2D eigenvalue weighted by Crippen LogP contribution is -2.25. The van der Waals surface area contributed by atoms with Crippen molar-refractivity contribution in [2.75, 3.05) is 16.6 Å². The molecule has 2 aromatic rings. The smallest absolute Gasteiger partial charge is 0.244 e. The predicted molar refractivity (Wildman–Crippen MR) is 114 cm³/mol. The molecule has 6 heteroatoms. The number of carbonyl (C=O) groups excluding carboxylic acids is 1. The maximum absolute atomic E-state index is 12.2. The molecule has 0 aromatic heterocycles. The fourth-order valence-electron chi connectivity index (χ4n) is 3.24. The molecule has 1 amide bonds. The van der Waals surface area contributed by atoms with E-state index < -0.39 is 10.0 Å². The molecule has 3 rings (SSSR count). The van der Waals surface area contributed by atoms with E-state index in [1.807, 2.05) is 31.2 Å². The van der Waals surface area contributed by atoms with Gasteiger partial charge in [-0.25, -0.2) is 8.42 Å². The molecule has 0 bridgehead atoms. The highest BCUT2D eigenvalue weighted by atomic mass is 32.2. The van der Waals surface area contributed by atoms with Crippen LogP contribution in [0.3, 0.4) is 0 Å². The Morgan fingerprint density at radius 1 is 1.14 bits per heavy atom. The third-order valence-electron chi connectivity index (χ3n) is 4.95. The highest BCUT2D eigenvalue weighted by Crippen LogP contribution is 2.24. The molecule has 1 saturated heterocycles. The lowest BCUT2D eigenvalue weighted by molar-refractivity contribution is -0.117. The minimum Gasteiger partial charge on any atom is -0.346 e. The Kier molecular flexibility index (Phi) is 6.19. The number of aryl methyl sites for hydroxylation is 1. The number of sulfonamides is 1. The number of nitrogens with one attached hydrogen (secondary N) is 1. The molecule has 5 nitrogen and oxygen atoms in total. The van der Waals surface area contributed by atoms with E-state index in [0.717, 1.165) is 17.5 Å². The maximum Gasteiger partial charge on any atom is 0.244 e. The van der Waals surface area contributed by atoms with E-state index in [4.69, 9.17) is 0 Å². The first kappa shape index (κ1) is 20.1. The van der Waals surface area contributed by atoms with E-state index in [1.54, 1.807) is 18.2 Å². The number of amides is 1. The highest BCUT2D eigenvalue weighted by molar-refractivity contribution is 7.93. The van der Waals surface area contributed by atoms with Gasteiger partial charge in [0, 0.05) is 12.6 Å². The Hall–Kier alpha value is -2.60. The molecule has 1 unspecified atom stereocenters. The quantitative estimate of drug-likeness (QED) is 0.755. The molecule has 0 aliphatic carbocycles. The number of hydrogen-bond acceptors (Lipinski definition) is 3. The SMILES string of the molecule is CCc1ccc(C(C)NC(=O)/C=C/c2ccc(N3CCCS3(=O)=O)cc2)cc1. The summed E-state index contributed by atoms with van der Waals surface area (Å²) in [5, 5.41) is 2.96. The normalized spacial score (nSPS) is 17.0. The monoisotopic (exact) mass is 398 g/mol. The van der Waals surface area contributed by atoms with Crippen LogP contribution in [-0.2, 0) is 21.2 Å². The van der Waals surface area contributed by atoms with Crippen molar-refractivity contribution >= 4 is 27.7 Å². The Bertz CT molecular complexity index is 948. The molecule has 1 aliphatic rings. The van der Waals surface area contributed by atoms with E-state index in [9.17, 15) is 13.2 Å². The topological polar surface area (TPSA) is 66.5 Å². The van der Waals surface area contributed by atoms with E-state index in [-0.39, 0.29) is 17.7 Å². The van der Waals surface area contributed by atoms with E-state index in [2.05, 4.69) is 24.4 Å². The van der Waals surface area contributed by atoms with Gasteiger partial charge in [-0.15, -0.1) is 0 Å². The average molecular weight is 399 g/mol. The zero-order valence-corrected chi connectivity index (χ0v) is 17.1. The zero-order chi connectivity index (χ0) is 20.1.